The van der Waals surface area contributed by atoms with Gasteiger partial charge in [-0.2, -0.15) is 0 Å². The molecule has 0 N–H and O–H groups in total. The molecule has 0 radical (unpaired) electrons. The van der Waals surface area contributed by atoms with E-state index in [0.29, 0.717) is 21.1 Å². The Kier molecular flexibility index (Phi) is 4.69. The topological polar surface area (TPSA) is 104 Å². The van der Waals surface area contributed by atoms with Gasteiger partial charge in [-0.15, -0.1) is 10.2 Å². The van der Waals surface area contributed by atoms with Gasteiger partial charge in [0.2, 0.25) is 0 Å². The second-order valence-electron chi connectivity index (χ2n) is 3.65. The average Bonchev–Trinajstić information content (AvgIpc) is 3.02. The molecule has 0 fully saturated rings. The van der Waals surface area contributed by atoms with Gasteiger partial charge in [0.05, 0.1) is 11.4 Å². The Balaban J connectivity index is 1.75. The molecule has 2 heterocycles. The summed E-state index contributed by atoms with van der Waals surface area (Å²) in [7, 11) is 0. The number of aromatic nitrogens is 4. The highest BCUT2D eigenvalue weighted by atomic mass is 32.1. The van der Waals surface area contributed by atoms with Gasteiger partial charge in [-0.05, 0) is 36.9 Å². The summed E-state index contributed by atoms with van der Waals surface area (Å²) in [6, 6.07) is 0. The van der Waals surface area contributed by atoms with E-state index >= 15 is 0 Å². The molecule has 2 aromatic rings. The zero-order valence-electron chi connectivity index (χ0n) is 10.7. The summed E-state index contributed by atoms with van der Waals surface area (Å²) in [5.74, 6) is -1.05. The maximum atomic E-state index is 11.6. The van der Waals surface area contributed by atoms with Crippen molar-refractivity contribution in [3.8, 4) is 0 Å². The van der Waals surface area contributed by atoms with Crippen LogP contribution in [0.4, 0.5) is 0 Å². The number of hydrogen-bond acceptors (Lipinski definition) is 10. The van der Waals surface area contributed by atoms with Gasteiger partial charge in [0.25, 0.3) is 0 Å². The Hall–Kier alpha value is -1.94. The van der Waals surface area contributed by atoms with Crippen LogP contribution < -0.4 is 0 Å². The van der Waals surface area contributed by atoms with Crippen molar-refractivity contribution in [2.24, 2.45) is 0 Å². The number of carbonyl (C=O) groups is 2. The molecule has 106 valence electrons. The van der Waals surface area contributed by atoms with Crippen LogP contribution in [0.25, 0.3) is 0 Å². The standard InChI is InChI=1S/C10H10N4O4S2/c1-5-7(19-13-11-5)9(15)17-3-4-18-10(16)8-6(2)12-14-20-8/h3-4H2,1-2H3. The van der Waals surface area contributed by atoms with Crippen LogP contribution in [0.3, 0.4) is 0 Å². The van der Waals surface area contributed by atoms with E-state index in [0.717, 1.165) is 23.1 Å². The Labute approximate surface area is 122 Å². The molecule has 0 unspecified atom stereocenters. The molecule has 10 heteroatoms. The van der Waals surface area contributed by atoms with Crippen LogP contribution in [-0.2, 0) is 9.47 Å². The van der Waals surface area contributed by atoms with Crippen LogP contribution in [0.15, 0.2) is 0 Å². The van der Waals surface area contributed by atoms with Crippen molar-refractivity contribution < 1.29 is 19.1 Å². The van der Waals surface area contributed by atoms with E-state index in [4.69, 9.17) is 9.47 Å². The predicted octanol–water partition coefficient (Wildman–Crippen LogP) is 1.02. The molecule has 0 amide bonds. The van der Waals surface area contributed by atoms with E-state index in [-0.39, 0.29) is 13.2 Å². The second kappa shape index (κ2) is 6.48. The van der Waals surface area contributed by atoms with Crippen LogP contribution in [0.1, 0.15) is 30.7 Å². The molecule has 0 atom stereocenters. The number of rotatable bonds is 5. The molecule has 2 aromatic heterocycles. The lowest BCUT2D eigenvalue weighted by atomic mass is 10.4. The zero-order chi connectivity index (χ0) is 14.5. The Morgan fingerprint density at radius 3 is 1.60 bits per heavy atom. The summed E-state index contributed by atoms with van der Waals surface area (Å²) < 4.78 is 17.2. The number of esters is 2. The minimum Gasteiger partial charge on any atom is -0.458 e. The summed E-state index contributed by atoms with van der Waals surface area (Å²) in [4.78, 5) is 23.9. The predicted molar refractivity (Wildman–Crippen MR) is 69.9 cm³/mol. The van der Waals surface area contributed by atoms with Gasteiger partial charge in [-0.25, -0.2) is 9.59 Å². The van der Waals surface area contributed by atoms with E-state index in [1.54, 1.807) is 13.8 Å². The minimum atomic E-state index is -0.524. The summed E-state index contributed by atoms with van der Waals surface area (Å²) >= 11 is 1.93. The van der Waals surface area contributed by atoms with E-state index < -0.39 is 11.9 Å². The molecule has 0 aliphatic heterocycles. The van der Waals surface area contributed by atoms with E-state index in [2.05, 4.69) is 19.2 Å². The maximum absolute atomic E-state index is 11.6. The van der Waals surface area contributed by atoms with Crippen LogP contribution in [0.2, 0.25) is 0 Å². The van der Waals surface area contributed by atoms with Crippen LogP contribution in [0, 0.1) is 13.8 Å². The summed E-state index contributed by atoms with van der Waals surface area (Å²) in [5, 5.41) is 7.41. The van der Waals surface area contributed by atoms with Gasteiger partial charge in [0.1, 0.15) is 13.2 Å². The third kappa shape index (κ3) is 3.33. The second-order valence-corrected chi connectivity index (χ2v) is 5.16. The maximum Gasteiger partial charge on any atom is 0.352 e. The molecular formula is C10H10N4O4S2. The van der Waals surface area contributed by atoms with Gasteiger partial charge in [0, 0.05) is 0 Å². The highest BCUT2D eigenvalue weighted by molar-refractivity contribution is 7.08. The number of aryl methyl sites for hydroxylation is 2. The van der Waals surface area contributed by atoms with Crippen molar-refractivity contribution in [2.45, 2.75) is 13.8 Å². The van der Waals surface area contributed by atoms with E-state index in [1.165, 1.54) is 0 Å². The molecule has 0 spiro atoms. The highest BCUT2D eigenvalue weighted by Gasteiger charge is 2.16. The Bertz CT molecular complexity index is 570. The van der Waals surface area contributed by atoms with Gasteiger partial charge >= 0.3 is 11.9 Å². The van der Waals surface area contributed by atoms with Gasteiger partial charge in [-0.1, -0.05) is 8.98 Å². The van der Waals surface area contributed by atoms with Gasteiger partial charge < -0.3 is 9.47 Å². The molecule has 0 bridgehead atoms. The first-order chi connectivity index (χ1) is 9.59. The molecule has 8 nitrogen and oxygen atoms in total. The SMILES string of the molecule is Cc1nnsc1C(=O)OCCOC(=O)c1snnc1C. The minimum absolute atomic E-state index is 0.0345. The highest BCUT2D eigenvalue weighted by Crippen LogP contribution is 2.12. The first-order valence-electron chi connectivity index (χ1n) is 5.51. The van der Waals surface area contributed by atoms with Gasteiger partial charge in [-0.3, -0.25) is 0 Å². The molecule has 0 saturated carbocycles. The number of hydrogen-bond donors (Lipinski definition) is 0. The fourth-order valence-electron chi connectivity index (χ4n) is 1.24. The van der Waals surface area contributed by atoms with Crippen LogP contribution >= 0.6 is 23.1 Å². The monoisotopic (exact) mass is 314 g/mol. The summed E-state index contributed by atoms with van der Waals surface area (Å²) in [6.45, 7) is 3.26. The van der Waals surface area contributed by atoms with Crippen molar-refractivity contribution in [1.82, 2.24) is 19.2 Å². The number of carbonyl (C=O) groups excluding carboxylic acids is 2. The zero-order valence-corrected chi connectivity index (χ0v) is 12.3. The molecule has 2 rings (SSSR count). The quantitative estimate of drug-likeness (QED) is 0.595. The number of nitrogens with zero attached hydrogens (tertiary/aromatic N) is 4. The van der Waals surface area contributed by atoms with Crippen molar-refractivity contribution in [3.05, 3.63) is 21.1 Å². The van der Waals surface area contributed by atoms with Crippen LogP contribution in [-0.4, -0.2) is 44.3 Å². The normalized spacial score (nSPS) is 10.3. The molecule has 20 heavy (non-hydrogen) atoms. The van der Waals surface area contributed by atoms with E-state index in [1.807, 2.05) is 0 Å². The lowest BCUT2D eigenvalue weighted by molar-refractivity contribution is 0.0270. The molecular weight excluding hydrogens is 304 g/mol. The fraction of sp³-hybridized carbons (Fsp3) is 0.400. The lowest BCUT2D eigenvalue weighted by Crippen LogP contribution is -2.14. The molecule has 0 aliphatic carbocycles. The first kappa shape index (κ1) is 14.5. The summed E-state index contributed by atoms with van der Waals surface area (Å²) in [5.41, 5.74) is 1.03. The van der Waals surface area contributed by atoms with Gasteiger partial charge in [0.15, 0.2) is 9.75 Å². The molecule has 0 saturated heterocycles. The molecule has 0 aromatic carbocycles. The first-order valence-corrected chi connectivity index (χ1v) is 7.06. The van der Waals surface area contributed by atoms with Crippen molar-refractivity contribution in [2.75, 3.05) is 13.2 Å². The average molecular weight is 314 g/mol. The molecule has 0 aliphatic rings. The smallest absolute Gasteiger partial charge is 0.352 e. The largest absolute Gasteiger partial charge is 0.458 e. The Morgan fingerprint density at radius 2 is 1.30 bits per heavy atom. The van der Waals surface area contributed by atoms with E-state index in [9.17, 15) is 9.59 Å². The lowest BCUT2D eigenvalue weighted by Gasteiger charge is -2.04. The third-order valence-corrected chi connectivity index (χ3v) is 3.84. The third-order valence-electron chi connectivity index (χ3n) is 2.22. The van der Waals surface area contributed by atoms with Crippen molar-refractivity contribution in [1.29, 1.82) is 0 Å². The summed E-state index contributed by atoms with van der Waals surface area (Å²) in [6.07, 6.45) is 0. The number of ether oxygens (including phenoxy) is 2. The van der Waals surface area contributed by atoms with Crippen molar-refractivity contribution >= 4 is 35.0 Å². The van der Waals surface area contributed by atoms with Crippen LogP contribution in [0.5, 0.6) is 0 Å². The van der Waals surface area contributed by atoms with Crippen molar-refractivity contribution in [3.63, 3.8) is 0 Å². The Morgan fingerprint density at radius 1 is 0.900 bits per heavy atom. The fourth-order valence-corrected chi connectivity index (χ4v) is 2.34.